The third-order valence-electron chi connectivity index (χ3n) is 6.75. The Kier molecular flexibility index (Phi) is 5.13. The minimum atomic E-state index is -0.500. The molecule has 0 aromatic carbocycles. The van der Waals surface area contributed by atoms with Crippen molar-refractivity contribution in [1.29, 1.82) is 0 Å². The van der Waals surface area contributed by atoms with Gasteiger partial charge in [-0.25, -0.2) is 0 Å². The summed E-state index contributed by atoms with van der Waals surface area (Å²) in [5.41, 5.74) is -0.506. The molecule has 0 aromatic heterocycles. The Labute approximate surface area is 151 Å². The number of carbonyl (C=O) groups is 2. The third-order valence-corrected chi connectivity index (χ3v) is 6.75. The normalized spacial score (nSPS) is 29.2. The van der Waals surface area contributed by atoms with Crippen LogP contribution >= 0.6 is 0 Å². The summed E-state index contributed by atoms with van der Waals surface area (Å²) in [4.78, 5) is 30.5. The molecule has 0 aliphatic carbocycles. The summed E-state index contributed by atoms with van der Waals surface area (Å²) >= 11 is 0. The molecule has 2 amide bonds. The molecular weight excluding hydrogens is 318 g/mol. The van der Waals surface area contributed by atoms with Gasteiger partial charge in [-0.1, -0.05) is 0 Å². The molecule has 1 N–H and O–H groups in total. The molecule has 0 aromatic rings. The number of likely N-dealkylation sites (tertiary alicyclic amines) is 3. The van der Waals surface area contributed by atoms with Gasteiger partial charge in [0.05, 0.1) is 18.2 Å². The second kappa shape index (κ2) is 6.88. The van der Waals surface area contributed by atoms with Gasteiger partial charge in [-0.2, -0.15) is 0 Å². The Bertz CT molecular complexity index is 520. The van der Waals surface area contributed by atoms with E-state index in [0.29, 0.717) is 6.54 Å². The SMILES string of the molecule is CC(=O)N1CC2(CCN(CC(=O)N3CCCC3)CC2)C[C@H](O)C1(C)C. The molecule has 3 fully saturated rings. The summed E-state index contributed by atoms with van der Waals surface area (Å²) in [6.45, 7) is 10.3. The van der Waals surface area contributed by atoms with Crippen molar-refractivity contribution in [2.75, 3.05) is 39.3 Å². The highest BCUT2D eigenvalue weighted by atomic mass is 16.3. The first kappa shape index (κ1) is 18.6. The quantitative estimate of drug-likeness (QED) is 0.809. The van der Waals surface area contributed by atoms with Crippen LogP contribution in [0.25, 0.3) is 0 Å². The summed E-state index contributed by atoms with van der Waals surface area (Å²) in [5.74, 6) is 0.290. The molecule has 0 unspecified atom stereocenters. The Morgan fingerprint density at radius 2 is 1.68 bits per heavy atom. The largest absolute Gasteiger partial charge is 0.391 e. The number of hydrogen-bond donors (Lipinski definition) is 1. The number of amides is 2. The van der Waals surface area contributed by atoms with E-state index < -0.39 is 11.6 Å². The van der Waals surface area contributed by atoms with Gasteiger partial charge >= 0.3 is 0 Å². The third kappa shape index (κ3) is 3.70. The Hall–Kier alpha value is -1.14. The van der Waals surface area contributed by atoms with Gasteiger partial charge < -0.3 is 14.9 Å². The molecule has 3 aliphatic rings. The van der Waals surface area contributed by atoms with Gasteiger partial charge in [0.1, 0.15) is 0 Å². The van der Waals surface area contributed by atoms with Crippen molar-refractivity contribution < 1.29 is 14.7 Å². The van der Waals surface area contributed by atoms with Crippen LogP contribution in [0.15, 0.2) is 0 Å². The van der Waals surface area contributed by atoms with E-state index >= 15 is 0 Å². The molecule has 6 nitrogen and oxygen atoms in total. The van der Waals surface area contributed by atoms with Crippen molar-refractivity contribution in [3.63, 3.8) is 0 Å². The molecule has 0 bridgehead atoms. The zero-order valence-electron chi connectivity index (χ0n) is 16.0. The minimum Gasteiger partial charge on any atom is -0.391 e. The fraction of sp³-hybridized carbons (Fsp3) is 0.895. The van der Waals surface area contributed by atoms with Crippen LogP contribution in [0.1, 0.15) is 52.9 Å². The highest BCUT2D eigenvalue weighted by Crippen LogP contribution is 2.45. The zero-order chi connectivity index (χ0) is 18.2. The number of nitrogens with zero attached hydrogens (tertiary/aromatic N) is 3. The summed E-state index contributed by atoms with van der Waals surface area (Å²) in [6.07, 6.45) is 4.39. The molecule has 0 radical (unpaired) electrons. The van der Waals surface area contributed by atoms with Crippen LogP contribution in [0.2, 0.25) is 0 Å². The van der Waals surface area contributed by atoms with Crippen LogP contribution in [-0.4, -0.2) is 82.5 Å². The lowest BCUT2D eigenvalue weighted by molar-refractivity contribution is -0.157. The lowest BCUT2D eigenvalue weighted by Gasteiger charge is -2.55. The summed E-state index contributed by atoms with van der Waals surface area (Å²) in [7, 11) is 0. The molecular formula is C19H33N3O3. The molecule has 3 heterocycles. The van der Waals surface area contributed by atoms with Gasteiger partial charge in [0.2, 0.25) is 11.8 Å². The Morgan fingerprint density at radius 1 is 1.08 bits per heavy atom. The van der Waals surface area contributed by atoms with Crippen LogP contribution in [0.3, 0.4) is 0 Å². The number of aliphatic hydroxyl groups is 1. The van der Waals surface area contributed by atoms with Gasteiger partial charge in [0, 0.05) is 26.6 Å². The van der Waals surface area contributed by atoms with Crippen molar-refractivity contribution in [2.24, 2.45) is 5.41 Å². The molecule has 1 spiro atoms. The van der Waals surface area contributed by atoms with E-state index in [1.54, 1.807) is 6.92 Å². The fourth-order valence-corrected chi connectivity index (χ4v) is 4.77. The predicted octanol–water partition coefficient (Wildman–Crippen LogP) is 1.08. The van der Waals surface area contributed by atoms with E-state index in [1.165, 1.54) is 0 Å². The summed E-state index contributed by atoms with van der Waals surface area (Å²) < 4.78 is 0. The zero-order valence-corrected chi connectivity index (χ0v) is 16.0. The van der Waals surface area contributed by atoms with Crippen molar-refractivity contribution >= 4 is 11.8 Å². The molecule has 3 aliphatic heterocycles. The molecule has 1 atom stereocenters. The monoisotopic (exact) mass is 351 g/mol. The maximum Gasteiger partial charge on any atom is 0.236 e. The van der Waals surface area contributed by atoms with E-state index in [1.807, 2.05) is 23.6 Å². The first-order valence-corrected chi connectivity index (χ1v) is 9.70. The highest BCUT2D eigenvalue weighted by molar-refractivity contribution is 5.78. The fourth-order valence-electron chi connectivity index (χ4n) is 4.77. The van der Waals surface area contributed by atoms with Crippen molar-refractivity contribution in [3.05, 3.63) is 0 Å². The maximum atomic E-state index is 12.4. The number of hydrogen-bond acceptors (Lipinski definition) is 4. The molecule has 6 heteroatoms. The van der Waals surface area contributed by atoms with Gasteiger partial charge in [-0.15, -0.1) is 0 Å². The molecule has 142 valence electrons. The Morgan fingerprint density at radius 3 is 2.24 bits per heavy atom. The van der Waals surface area contributed by atoms with Gasteiger partial charge in [0.25, 0.3) is 0 Å². The van der Waals surface area contributed by atoms with Crippen LogP contribution in [-0.2, 0) is 9.59 Å². The van der Waals surface area contributed by atoms with Gasteiger partial charge in [-0.3, -0.25) is 14.5 Å². The molecule has 0 saturated carbocycles. The van der Waals surface area contributed by atoms with Crippen molar-refractivity contribution in [3.8, 4) is 0 Å². The number of rotatable bonds is 2. The van der Waals surface area contributed by atoms with E-state index in [9.17, 15) is 14.7 Å². The second-order valence-electron chi connectivity index (χ2n) is 8.84. The number of aliphatic hydroxyl groups excluding tert-OH is 1. The minimum absolute atomic E-state index is 0.00615. The number of carbonyl (C=O) groups excluding carboxylic acids is 2. The van der Waals surface area contributed by atoms with Crippen molar-refractivity contribution in [1.82, 2.24) is 14.7 Å². The van der Waals surface area contributed by atoms with Gasteiger partial charge in [-0.05, 0) is 64.5 Å². The first-order chi connectivity index (χ1) is 11.7. The van der Waals surface area contributed by atoms with Gasteiger partial charge in [0.15, 0.2) is 0 Å². The summed E-state index contributed by atoms with van der Waals surface area (Å²) in [6, 6.07) is 0. The van der Waals surface area contributed by atoms with Crippen LogP contribution in [0.5, 0.6) is 0 Å². The smallest absolute Gasteiger partial charge is 0.236 e. The molecule has 3 saturated heterocycles. The number of piperidine rings is 2. The summed E-state index contributed by atoms with van der Waals surface area (Å²) in [5, 5.41) is 10.7. The topological polar surface area (TPSA) is 64.1 Å². The Balaban J connectivity index is 1.59. The second-order valence-corrected chi connectivity index (χ2v) is 8.84. The van der Waals surface area contributed by atoms with Crippen LogP contribution in [0.4, 0.5) is 0 Å². The molecule has 25 heavy (non-hydrogen) atoms. The van der Waals surface area contributed by atoms with E-state index in [0.717, 1.165) is 64.8 Å². The standard InChI is InChI=1S/C19H33N3O3/c1-15(23)22-14-19(12-16(24)18(22,2)3)6-10-20(11-7-19)13-17(25)21-8-4-5-9-21/h16,24H,4-14H2,1-3H3/t16-/m0/s1. The first-order valence-electron chi connectivity index (χ1n) is 9.70. The predicted molar refractivity (Wildman–Crippen MR) is 96.0 cm³/mol. The van der Waals surface area contributed by atoms with Crippen LogP contribution in [0, 0.1) is 5.41 Å². The lowest BCUT2D eigenvalue weighted by Crippen LogP contribution is -2.64. The average Bonchev–Trinajstić information content (AvgIpc) is 3.08. The van der Waals surface area contributed by atoms with Crippen LogP contribution < -0.4 is 0 Å². The average molecular weight is 351 g/mol. The van der Waals surface area contributed by atoms with E-state index in [-0.39, 0.29) is 17.2 Å². The maximum absolute atomic E-state index is 12.4. The van der Waals surface area contributed by atoms with E-state index in [2.05, 4.69) is 4.90 Å². The molecule has 3 rings (SSSR count). The van der Waals surface area contributed by atoms with E-state index in [4.69, 9.17) is 0 Å². The van der Waals surface area contributed by atoms with Crippen molar-refractivity contribution in [2.45, 2.75) is 64.5 Å². The lowest BCUT2D eigenvalue weighted by atomic mass is 9.67. The highest BCUT2D eigenvalue weighted by Gasteiger charge is 2.50.